The van der Waals surface area contributed by atoms with E-state index in [4.69, 9.17) is 15.0 Å². The highest BCUT2D eigenvalue weighted by Gasteiger charge is 2.24. The van der Waals surface area contributed by atoms with Gasteiger partial charge in [0.15, 0.2) is 11.6 Å². The predicted molar refractivity (Wildman–Crippen MR) is 214 cm³/mol. The van der Waals surface area contributed by atoms with Crippen LogP contribution in [0.1, 0.15) is 125 Å². The molecule has 0 aliphatic carbocycles. The number of aromatic nitrogens is 4. The second-order valence-electron chi connectivity index (χ2n) is 18.0. The molecular formula is C46H56N4. The summed E-state index contributed by atoms with van der Waals surface area (Å²) >= 11 is 0. The molecule has 0 aliphatic heterocycles. The molecule has 260 valence electrons. The molecule has 0 spiro atoms. The molecule has 0 unspecified atom stereocenters. The van der Waals surface area contributed by atoms with Gasteiger partial charge in [0.05, 0.1) is 11.0 Å². The molecule has 4 aromatic carbocycles. The lowest BCUT2D eigenvalue weighted by Gasteiger charge is -2.25. The lowest BCUT2D eigenvalue weighted by molar-refractivity contribution is 0.458. The fourth-order valence-corrected chi connectivity index (χ4v) is 6.85. The van der Waals surface area contributed by atoms with Crippen molar-refractivity contribution in [3.8, 4) is 28.7 Å². The minimum Gasteiger partial charge on any atom is -0.278 e. The van der Waals surface area contributed by atoms with Crippen LogP contribution in [0, 0.1) is 0 Å². The van der Waals surface area contributed by atoms with Crippen molar-refractivity contribution in [1.82, 2.24) is 19.5 Å². The maximum Gasteiger partial charge on any atom is 0.238 e. The molecule has 0 amide bonds. The van der Waals surface area contributed by atoms with Crippen LogP contribution in [0.3, 0.4) is 0 Å². The standard InChI is InChI=1S/C46H56N4/c1-13-14-27-46(11,12)33-21-17-31(18-22-33)41-47-40(30-15-19-32(20-16-30)43(2,3)4)48-42(49-41)50-38-25-23-34(44(5,6)7)28-36(38)37-29-35(45(8,9)10)24-26-39(37)50/h15-26,28-29H,13-14,27H2,1-12H3. The van der Waals surface area contributed by atoms with Gasteiger partial charge in [0.1, 0.15) is 0 Å². The van der Waals surface area contributed by atoms with E-state index in [1.165, 1.54) is 45.9 Å². The average Bonchev–Trinajstić information content (AvgIpc) is 3.39. The zero-order valence-corrected chi connectivity index (χ0v) is 32.5. The first-order valence-corrected chi connectivity index (χ1v) is 18.4. The maximum atomic E-state index is 5.25. The van der Waals surface area contributed by atoms with Gasteiger partial charge in [-0.05, 0) is 74.6 Å². The summed E-state index contributed by atoms with van der Waals surface area (Å²) in [6, 6.07) is 31.4. The Hall–Kier alpha value is -4.31. The van der Waals surface area contributed by atoms with Crippen LogP contribution in [0.5, 0.6) is 0 Å². The molecule has 0 atom stereocenters. The first kappa shape index (κ1) is 35.5. The van der Waals surface area contributed by atoms with Gasteiger partial charge in [-0.15, -0.1) is 0 Å². The SMILES string of the molecule is CCCCC(C)(C)c1ccc(-c2nc(-c3ccc(C(C)(C)C)cc3)nc(-n3c4ccc(C(C)(C)C)cc4c4cc(C(C)(C)C)ccc43)n2)cc1. The van der Waals surface area contributed by atoms with Gasteiger partial charge >= 0.3 is 0 Å². The zero-order valence-electron chi connectivity index (χ0n) is 32.5. The van der Waals surface area contributed by atoms with Gasteiger partial charge in [0.25, 0.3) is 0 Å². The van der Waals surface area contributed by atoms with E-state index in [-0.39, 0.29) is 21.7 Å². The molecule has 0 fully saturated rings. The summed E-state index contributed by atoms with van der Waals surface area (Å²) in [5.41, 5.74) is 9.61. The van der Waals surface area contributed by atoms with Crippen LogP contribution in [0.15, 0.2) is 84.9 Å². The maximum absolute atomic E-state index is 5.25. The summed E-state index contributed by atoms with van der Waals surface area (Å²) in [5, 5.41) is 2.44. The number of benzene rings is 4. The van der Waals surface area contributed by atoms with Gasteiger partial charge in [-0.1, -0.05) is 157 Å². The van der Waals surface area contributed by atoms with Crippen molar-refractivity contribution in [2.75, 3.05) is 0 Å². The van der Waals surface area contributed by atoms with E-state index >= 15 is 0 Å². The molecule has 2 aromatic heterocycles. The lowest BCUT2D eigenvalue weighted by Crippen LogP contribution is -2.16. The number of hydrogen-bond acceptors (Lipinski definition) is 3. The molecule has 0 saturated heterocycles. The molecule has 50 heavy (non-hydrogen) atoms. The molecular weight excluding hydrogens is 609 g/mol. The second kappa shape index (κ2) is 12.8. The fourth-order valence-electron chi connectivity index (χ4n) is 6.85. The summed E-state index contributed by atoms with van der Waals surface area (Å²) in [4.78, 5) is 15.6. The molecule has 0 bridgehead atoms. The molecule has 0 saturated carbocycles. The topological polar surface area (TPSA) is 43.6 Å². The van der Waals surface area contributed by atoms with Gasteiger partial charge in [-0.3, -0.25) is 4.57 Å². The van der Waals surface area contributed by atoms with E-state index in [1.807, 2.05) is 0 Å². The lowest BCUT2D eigenvalue weighted by atomic mass is 9.80. The van der Waals surface area contributed by atoms with E-state index in [0.29, 0.717) is 17.6 Å². The monoisotopic (exact) mass is 664 g/mol. The minimum absolute atomic E-state index is 0.0221. The third-order valence-electron chi connectivity index (χ3n) is 10.4. The Balaban J connectivity index is 1.60. The van der Waals surface area contributed by atoms with Crippen molar-refractivity contribution in [2.24, 2.45) is 0 Å². The van der Waals surface area contributed by atoms with Gasteiger partial charge in [0, 0.05) is 21.9 Å². The van der Waals surface area contributed by atoms with Gasteiger partial charge in [-0.2, -0.15) is 9.97 Å². The van der Waals surface area contributed by atoms with E-state index in [0.717, 1.165) is 28.6 Å². The van der Waals surface area contributed by atoms with Crippen molar-refractivity contribution in [2.45, 2.75) is 124 Å². The Labute approximate surface area is 300 Å². The second-order valence-corrected chi connectivity index (χ2v) is 18.0. The largest absolute Gasteiger partial charge is 0.278 e. The third-order valence-corrected chi connectivity index (χ3v) is 10.4. The van der Waals surface area contributed by atoms with Crippen molar-refractivity contribution in [3.63, 3.8) is 0 Å². The highest BCUT2D eigenvalue weighted by Crippen LogP contribution is 2.38. The molecule has 6 aromatic rings. The quantitative estimate of drug-likeness (QED) is 0.171. The number of fused-ring (bicyclic) bond motifs is 3. The Kier molecular flexibility index (Phi) is 9.08. The first-order valence-electron chi connectivity index (χ1n) is 18.4. The van der Waals surface area contributed by atoms with Crippen LogP contribution in [0.25, 0.3) is 50.5 Å². The van der Waals surface area contributed by atoms with Crippen LogP contribution >= 0.6 is 0 Å². The van der Waals surface area contributed by atoms with E-state index in [9.17, 15) is 0 Å². The number of rotatable bonds is 7. The van der Waals surface area contributed by atoms with Gasteiger partial charge < -0.3 is 0 Å². The summed E-state index contributed by atoms with van der Waals surface area (Å²) in [7, 11) is 0. The predicted octanol–water partition coefficient (Wildman–Crippen LogP) is 12.7. The fraction of sp³-hybridized carbons (Fsp3) is 0.413. The van der Waals surface area contributed by atoms with E-state index in [1.54, 1.807) is 0 Å². The zero-order chi connectivity index (χ0) is 36.2. The third kappa shape index (κ3) is 6.99. The minimum atomic E-state index is 0.0221. The van der Waals surface area contributed by atoms with Crippen molar-refractivity contribution < 1.29 is 0 Å². The first-order chi connectivity index (χ1) is 23.4. The Bertz CT molecular complexity index is 2070. The molecule has 0 aliphatic rings. The summed E-state index contributed by atoms with van der Waals surface area (Å²) < 4.78 is 2.24. The van der Waals surface area contributed by atoms with Gasteiger partial charge in [0.2, 0.25) is 5.95 Å². The van der Waals surface area contributed by atoms with Gasteiger partial charge in [-0.25, -0.2) is 4.98 Å². The molecule has 4 nitrogen and oxygen atoms in total. The van der Waals surface area contributed by atoms with Crippen LogP contribution in [0.4, 0.5) is 0 Å². The normalized spacial score (nSPS) is 13.0. The Morgan fingerprint density at radius 2 is 0.880 bits per heavy atom. The van der Waals surface area contributed by atoms with Crippen LogP contribution in [-0.2, 0) is 21.7 Å². The number of nitrogens with zero attached hydrogens (tertiary/aromatic N) is 4. The number of hydrogen-bond donors (Lipinski definition) is 0. The van der Waals surface area contributed by atoms with Crippen LogP contribution in [-0.4, -0.2) is 19.5 Å². The van der Waals surface area contributed by atoms with Crippen LogP contribution in [0.2, 0.25) is 0 Å². The molecule has 0 N–H and O–H groups in total. The summed E-state index contributed by atoms with van der Waals surface area (Å²) in [5.74, 6) is 1.98. The highest BCUT2D eigenvalue weighted by molar-refractivity contribution is 6.09. The summed E-state index contributed by atoms with van der Waals surface area (Å²) in [6.45, 7) is 27.3. The van der Waals surface area contributed by atoms with E-state index < -0.39 is 0 Å². The number of unbranched alkanes of at least 4 members (excludes halogenated alkanes) is 1. The molecule has 6 rings (SSSR count). The highest BCUT2D eigenvalue weighted by atomic mass is 15.2. The Morgan fingerprint density at radius 1 is 0.480 bits per heavy atom. The average molecular weight is 665 g/mol. The molecule has 4 heteroatoms. The van der Waals surface area contributed by atoms with Crippen molar-refractivity contribution in [3.05, 3.63) is 107 Å². The van der Waals surface area contributed by atoms with Crippen molar-refractivity contribution >= 4 is 21.8 Å². The smallest absolute Gasteiger partial charge is 0.238 e. The molecule has 2 heterocycles. The van der Waals surface area contributed by atoms with Crippen molar-refractivity contribution in [1.29, 1.82) is 0 Å². The van der Waals surface area contributed by atoms with Crippen LogP contribution < -0.4 is 0 Å². The Morgan fingerprint density at radius 3 is 1.28 bits per heavy atom. The molecule has 0 radical (unpaired) electrons. The summed E-state index contributed by atoms with van der Waals surface area (Å²) in [6.07, 6.45) is 3.58. The van der Waals surface area contributed by atoms with E-state index in [2.05, 4.69) is 173 Å².